The first-order valence-corrected chi connectivity index (χ1v) is 24.5. The lowest BCUT2D eigenvalue weighted by molar-refractivity contribution is -0.231. The van der Waals surface area contributed by atoms with Crippen LogP contribution in [-0.4, -0.2) is 152 Å². The molecule has 5 N–H and O–H groups in total. The normalized spacial score (nSPS) is 16.6. The fraction of sp³-hybridized carbons (Fsp3) is 0.519. The number of aliphatic hydroxyl groups is 1. The van der Waals surface area contributed by atoms with Gasteiger partial charge in [0, 0.05) is 87.2 Å². The third-order valence-corrected chi connectivity index (χ3v) is 13.9. The fourth-order valence-electron chi connectivity index (χ4n) is 8.51. The van der Waals surface area contributed by atoms with Crippen molar-refractivity contribution in [3.05, 3.63) is 94.4 Å². The van der Waals surface area contributed by atoms with Gasteiger partial charge in [-0.3, -0.25) is 24.7 Å². The molecule has 432 valence electrons. The molecule has 0 spiro atoms. The number of hydrogen-bond acceptors (Lipinski definition) is 15. The maximum atomic E-state index is 16.0. The minimum absolute atomic E-state index is 0.319. The number of methoxy groups -OCH3 is 2. The number of ether oxygens (including phenoxy) is 3. The van der Waals surface area contributed by atoms with E-state index in [1.807, 2.05) is 5.32 Å². The molecule has 0 radical (unpaired) electrons. The van der Waals surface area contributed by atoms with Crippen molar-refractivity contribution in [1.82, 2.24) is 30.6 Å². The second kappa shape index (κ2) is 26.8. The summed E-state index contributed by atoms with van der Waals surface area (Å²) >= 11 is 0. The van der Waals surface area contributed by atoms with E-state index in [9.17, 15) is 59.4 Å². The van der Waals surface area contributed by atoms with Gasteiger partial charge in [0.05, 0.1) is 68.3 Å². The Kier molecular flexibility index (Phi) is 21.4. The molecule has 27 heteroatoms. The minimum atomic E-state index is -5.17. The number of rotatable bonds is 22. The van der Waals surface area contributed by atoms with Crippen molar-refractivity contribution < 1.29 is 82.4 Å². The van der Waals surface area contributed by atoms with Gasteiger partial charge >= 0.3 is 31.0 Å². The number of alkyl carbamates (subject to hydrolysis) is 1. The molecular weight excluding hydrogens is 1070 g/mol. The van der Waals surface area contributed by atoms with Crippen LogP contribution >= 0.6 is 0 Å². The van der Waals surface area contributed by atoms with Crippen molar-refractivity contribution in [2.24, 2.45) is 33.4 Å². The zero-order chi connectivity index (χ0) is 58.6. The van der Waals surface area contributed by atoms with Crippen LogP contribution in [0, 0.1) is 46.1 Å². The Hall–Kier alpha value is -6.89. The summed E-state index contributed by atoms with van der Waals surface area (Å²) < 4.78 is 159. The summed E-state index contributed by atoms with van der Waals surface area (Å²) in [5, 5.41) is 14.6. The molecule has 0 bridgehead atoms. The molecule has 5 rings (SSSR count). The van der Waals surface area contributed by atoms with Crippen molar-refractivity contribution in [3.63, 3.8) is 0 Å². The average Bonchev–Trinajstić information content (AvgIpc) is 3.39. The highest BCUT2D eigenvalue weighted by molar-refractivity contribution is 6.09. The zero-order valence-corrected chi connectivity index (χ0v) is 43.9. The van der Waals surface area contributed by atoms with Gasteiger partial charge in [-0.2, -0.15) is 35.1 Å². The van der Waals surface area contributed by atoms with E-state index in [0.717, 1.165) is 40.4 Å². The number of hydrazine groups is 1. The summed E-state index contributed by atoms with van der Waals surface area (Å²) in [7, 11) is 1.68. The number of halogens is 10. The SMILES string of the molecule is COC(=O)C[C@H](C(=O)NN(Cc1c(F)cc(C(C=NC(F)F)=CN)cc1F)C[C@H](O)[C@@H](CC(=O)[C@@H](NC(=O)OC)C(C)(C)C(F)(F)F)Cc1ccc(C#Cc2cnc(N3CCN(C4COC4)CC3)nc2)cc1)C(C)(C)C(F)(F)F. The minimum Gasteiger partial charge on any atom is -0.469 e. The molecule has 0 saturated carbocycles. The number of carbonyl (C=O) groups is 4. The van der Waals surface area contributed by atoms with Crippen LogP contribution in [0.1, 0.15) is 68.4 Å². The van der Waals surface area contributed by atoms with E-state index < -0.39 is 126 Å². The first kappa shape index (κ1) is 62.9. The summed E-state index contributed by atoms with van der Waals surface area (Å²) in [5.41, 5.74) is 1.10. The number of piperazine rings is 1. The predicted octanol–water partition coefficient (Wildman–Crippen LogP) is 6.36. The van der Waals surface area contributed by atoms with Crippen molar-refractivity contribution in [3.8, 4) is 11.8 Å². The molecule has 2 aliphatic heterocycles. The largest absolute Gasteiger partial charge is 0.469 e. The Morgan fingerprint density at radius 1 is 0.886 bits per heavy atom. The number of aliphatic hydroxyl groups excluding tert-OH is 1. The van der Waals surface area contributed by atoms with Crippen LogP contribution in [0.3, 0.4) is 0 Å². The summed E-state index contributed by atoms with van der Waals surface area (Å²) in [4.78, 5) is 69.3. The molecular formula is C52H61F10N9O8. The molecule has 2 fully saturated rings. The lowest BCUT2D eigenvalue weighted by atomic mass is 9.75. The number of esters is 1. The lowest BCUT2D eigenvalue weighted by Gasteiger charge is -2.42. The van der Waals surface area contributed by atoms with Gasteiger partial charge in [0.1, 0.15) is 17.7 Å². The molecule has 17 nitrogen and oxygen atoms in total. The molecule has 2 aliphatic rings. The number of nitrogens with zero attached hydrogens (tertiary/aromatic N) is 6. The molecule has 2 aromatic carbocycles. The van der Waals surface area contributed by atoms with Crippen LogP contribution < -0.4 is 21.4 Å². The number of hydrogen-bond donors (Lipinski definition) is 4. The van der Waals surface area contributed by atoms with Crippen LogP contribution in [0.25, 0.3) is 5.57 Å². The van der Waals surface area contributed by atoms with Crippen molar-refractivity contribution >= 4 is 41.5 Å². The lowest BCUT2D eigenvalue weighted by Crippen LogP contribution is -2.57. The molecule has 3 heterocycles. The molecule has 3 aromatic rings. The third kappa shape index (κ3) is 16.6. The number of aromatic nitrogens is 2. The van der Waals surface area contributed by atoms with Crippen LogP contribution in [-0.2, 0) is 41.6 Å². The van der Waals surface area contributed by atoms with Gasteiger partial charge in [0.15, 0.2) is 5.78 Å². The number of anilines is 1. The number of alkyl halides is 8. The zero-order valence-electron chi connectivity index (χ0n) is 43.9. The average molecular weight is 1130 g/mol. The number of allylic oxidation sites excluding steroid dienone is 1. The first-order valence-electron chi connectivity index (χ1n) is 24.5. The number of aliphatic imine (C=N–C) groups is 1. The quantitative estimate of drug-likeness (QED) is 0.0215. The second-order valence-corrected chi connectivity index (χ2v) is 19.9. The smallest absolute Gasteiger partial charge is 0.407 e. The first-order chi connectivity index (χ1) is 37.0. The Morgan fingerprint density at radius 2 is 1.47 bits per heavy atom. The van der Waals surface area contributed by atoms with Crippen LogP contribution in [0.5, 0.6) is 0 Å². The summed E-state index contributed by atoms with van der Waals surface area (Å²) in [6, 6.07) is 5.41. The summed E-state index contributed by atoms with van der Waals surface area (Å²) in [6.07, 6.45) is -12.0. The molecule has 0 aliphatic carbocycles. The second-order valence-electron chi connectivity index (χ2n) is 19.9. The summed E-state index contributed by atoms with van der Waals surface area (Å²) in [5.74, 6) is -4.42. The molecule has 2 amide bonds. The molecule has 2 saturated heterocycles. The van der Waals surface area contributed by atoms with E-state index in [2.05, 4.69) is 51.5 Å². The summed E-state index contributed by atoms with van der Waals surface area (Å²) in [6.45, 7) is 1.57. The number of ketones is 1. The van der Waals surface area contributed by atoms with E-state index in [1.165, 1.54) is 12.1 Å². The molecule has 1 aromatic heterocycles. The number of Topliss-reactive ketones (excluding diaryl/α,β-unsaturated/α-hetero) is 1. The van der Waals surface area contributed by atoms with E-state index in [1.54, 1.807) is 24.5 Å². The number of carbonyl (C=O) groups excluding carboxylic acids is 4. The maximum absolute atomic E-state index is 16.0. The van der Waals surface area contributed by atoms with Gasteiger partial charge < -0.3 is 35.3 Å². The third-order valence-electron chi connectivity index (χ3n) is 13.9. The van der Waals surface area contributed by atoms with Crippen LogP contribution in [0.4, 0.5) is 54.6 Å². The Bertz CT molecular complexity index is 2700. The Balaban J connectivity index is 1.50. The number of amides is 2. The van der Waals surface area contributed by atoms with Crippen molar-refractivity contribution in [2.75, 3.05) is 65.1 Å². The standard InChI is InChI=1S/C52H61F10N9O8/c1-49(2,51(57,58)59)38(21-43(74)77-5)45(75)68-71(26-37-39(53)18-33(19-40(37)54)35(22-63)25-64-46(55)56)27-42(73)34(20-41(72)44(67-48(76)78-6)50(3,4)52(60,61)62)17-31-10-7-30(8-11-31)9-12-32-23-65-47(66-24-32)70-15-13-69(14-16-70)36-28-79-29-36/h7-8,10-11,18-19,22-25,34,36,38,42,44,46,73H,13-17,20-21,26-29,63H2,1-6H3,(H,67,76)(H,68,75)/t34-,38-,42+,44-/m1/s1. The highest BCUT2D eigenvalue weighted by Crippen LogP contribution is 2.45. The van der Waals surface area contributed by atoms with Gasteiger partial charge in [0.25, 0.3) is 0 Å². The van der Waals surface area contributed by atoms with Gasteiger partial charge in [-0.05, 0) is 61.6 Å². The topological polar surface area (TPSA) is 214 Å². The van der Waals surface area contributed by atoms with Gasteiger partial charge in [0.2, 0.25) is 11.9 Å². The molecule has 79 heavy (non-hydrogen) atoms. The van der Waals surface area contributed by atoms with Gasteiger partial charge in [-0.15, -0.1) is 0 Å². The predicted molar refractivity (Wildman–Crippen MR) is 266 cm³/mol. The highest BCUT2D eigenvalue weighted by atomic mass is 19.4. The van der Waals surface area contributed by atoms with E-state index in [4.69, 9.17) is 10.5 Å². The fourth-order valence-corrected chi connectivity index (χ4v) is 8.51. The highest BCUT2D eigenvalue weighted by Gasteiger charge is 2.57. The Morgan fingerprint density at radius 3 is 1.97 bits per heavy atom. The maximum Gasteiger partial charge on any atom is 0.407 e. The number of benzene rings is 2. The van der Waals surface area contributed by atoms with Gasteiger partial charge in [-0.1, -0.05) is 37.8 Å². The molecule has 0 unspecified atom stereocenters. The van der Waals surface area contributed by atoms with E-state index in [-0.39, 0.29) is 12.0 Å². The number of nitrogens with two attached hydrogens (primary N) is 1. The van der Waals surface area contributed by atoms with Crippen LogP contribution in [0.15, 0.2) is 60.0 Å². The van der Waals surface area contributed by atoms with Crippen LogP contribution in [0.2, 0.25) is 0 Å². The number of nitrogens with one attached hydrogen (secondary N) is 2. The van der Waals surface area contributed by atoms with Crippen molar-refractivity contribution in [2.45, 2.75) is 90.6 Å². The van der Waals surface area contributed by atoms with E-state index in [0.29, 0.717) is 99.1 Å². The molecule has 4 atom stereocenters. The van der Waals surface area contributed by atoms with Crippen molar-refractivity contribution in [1.29, 1.82) is 0 Å². The van der Waals surface area contributed by atoms with Gasteiger partial charge in [-0.25, -0.2) is 33.5 Å². The van der Waals surface area contributed by atoms with E-state index >= 15 is 8.78 Å². The Labute approximate surface area is 448 Å². The monoisotopic (exact) mass is 1130 g/mol.